The fourth-order valence-electron chi connectivity index (χ4n) is 3.56. The number of nitrogens with two attached hydrogens (primary N) is 1. The van der Waals surface area contributed by atoms with Crippen molar-refractivity contribution in [1.82, 2.24) is 4.90 Å². The molecule has 2 rings (SSSR count). The predicted octanol–water partition coefficient (Wildman–Crippen LogP) is 1.92. The molecule has 1 saturated heterocycles. The molecule has 4 nitrogen and oxygen atoms in total. The summed E-state index contributed by atoms with van der Waals surface area (Å²) in [5, 5.41) is 0. The lowest BCUT2D eigenvalue weighted by Gasteiger charge is -2.41. The Bertz CT molecular complexity index is 313. The van der Waals surface area contributed by atoms with E-state index in [1.54, 1.807) is 0 Å². The molecule has 0 spiro atoms. The Balaban J connectivity index is 1.90. The van der Waals surface area contributed by atoms with Gasteiger partial charge < -0.3 is 15.4 Å². The molecular formula is C15H28N2O2. The van der Waals surface area contributed by atoms with Crippen LogP contribution in [0.5, 0.6) is 0 Å². The number of amides is 1. The Morgan fingerprint density at radius 3 is 2.63 bits per heavy atom. The molecule has 2 N–H and O–H groups in total. The van der Waals surface area contributed by atoms with Crippen molar-refractivity contribution in [3.05, 3.63) is 0 Å². The van der Waals surface area contributed by atoms with Crippen molar-refractivity contribution in [3.8, 4) is 0 Å². The van der Waals surface area contributed by atoms with E-state index in [2.05, 4.69) is 6.92 Å². The SMILES string of the molecule is CCOC1CCN(C(=O)C2(N)CCCC(C)C2)CC1. The summed E-state index contributed by atoms with van der Waals surface area (Å²) >= 11 is 0. The summed E-state index contributed by atoms with van der Waals surface area (Å²) in [4.78, 5) is 14.6. The smallest absolute Gasteiger partial charge is 0.242 e. The Morgan fingerprint density at radius 2 is 2.05 bits per heavy atom. The average molecular weight is 268 g/mol. The molecule has 1 amide bonds. The van der Waals surface area contributed by atoms with E-state index in [9.17, 15) is 4.79 Å². The largest absolute Gasteiger partial charge is 0.378 e. The molecule has 0 aromatic rings. The highest BCUT2D eigenvalue weighted by molar-refractivity contribution is 5.86. The minimum absolute atomic E-state index is 0.175. The average Bonchev–Trinajstić information content (AvgIpc) is 2.39. The van der Waals surface area contributed by atoms with E-state index < -0.39 is 5.54 Å². The van der Waals surface area contributed by atoms with Crippen LogP contribution in [0.3, 0.4) is 0 Å². The van der Waals surface area contributed by atoms with Crippen molar-refractivity contribution in [3.63, 3.8) is 0 Å². The number of hydrogen-bond donors (Lipinski definition) is 1. The number of carbonyl (C=O) groups excluding carboxylic acids is 1. The Hall–Kier alpha value is -0.610. The summed E-state index contributed by atoms with van der Waals surface area (Å²) < 4.78 is 5.63. The summed E-state index contributed by atoms with van der Waals surface area (Å²) in [5.74, 6) is 0.748. The van der Waals surface area contributed by atoms with Crippen molar-refractivity contribution in [2.45, 2.75) is 64.0 Å². The Kier molecular flexibility index (Phi) is 4.85. The van der Waals surface area contributed by atoms with Crippen LogP contribution in [-0.2, 0) is 9.53 Å². The predicted molar refractivity (Wildman–Crippen MR) is 75.8 cm³/mol. The van der Waals surface area contributed by atoms with Gasteiger partial charge in [0, 0.05) is 19.7 Å². The maximum absolute atomic E-state index is 12.6. The highest BCUT2D eigenvalue weighted by Crippen LogP contribution is 2.32. The van der Waals surface area contributed by atoms with Gasteiger partial charge in [0.15, 0.2) is 0 Å². The zero-order chi connectivity index (χ0) is 13.9. The van der Waals surface area contributed by atoms with Crippen molar-refractivity contribution in [2.75, 3.05) is 19.7 Å². The topological polar surface area (TPSA) is 55.6 Å². The number of nitrogens with zero attached hydrogens (tertiary/aromatic N) is 1. The molecular weight excluding hydrogens is 240 g/mol. The summed E-state index contributed by atoms with van der Waals surface area (Å²) in [6, 6.07) is 0. The van der Waals surface area contributed by atoms with E-state index in [0.717, 1.165) is 51.8 Å². The van der Waals surface area contributed by atoms with Gasteiger partial charge >= 0.3 is 0 Å². The quantitative estimate of drug-likeness (QED) is 0.851. The van der Waals surface area contributed by atoms with Gasteiger partial charge in [-0.1, -0.05) is 19.8 Å². The number of piperidine rings is 1. The molecule has 110 valence electrons. The molecule has 4 heteroatoms. The third-order valence-corrected chi connectivity index (χ3v) is 4.59. The molecule has 0 radical (unpaired) electrons. The number of carbonyl (C=O) groups is 1. The van der Waals surface area contributed by atoms with Crippen molar-refractivity contribution < 1.29 is 9.53 Å². The Labute approximate surface area is 116 Å². The van der Waals surface area contributed by atoms with Crippen LogP contribution in [0.25, 0.3) is 0 Å². The van der Waals surface area contributed by atoms with Crippen LogP contribution in [0.4, 0.5) is 0 Å². The Morgan fingerprint density at radius 1 is 1.37 bits per heavy atom. The summed E-state index contributed by atoms with van der Waals surface area (Å²) in [7, 11) is 0. The fourth-order valence-corrected chi connectivity index (χ4v) is 3.56. The third kappa shape index (κ3) is 3.48. The molecule has 1 aliphatic carbocycles. The van der Waals surface area contributed by atoms with Gasteiger partial charge in [-0.3, -0.25) is 4.79 Å². The molecule has 0 aromatic carbocycles. The van der Waals surface area contributed by atoms with E-state index in [1.807, 2.05) is 11.8 Å². The number of likely N-dealkylation sites (tertiary alicyclic amines) is 1. The molecule has 2 unspecified atom stereocenters. The number of ether oxygens (including phenoxy) is 1. The summed E-state index contributed by atoms with van der Waals surface area (Å²) in [5.41, 5.74) is 5.79. The van der Waals surface area contributed by atoms with Gasteiger partial charge in [-0.2, -0.15) is 0 Å². The van der Waals surface area contributed by atoms with Gasteiger partial charge in [-0.15, -0.1) is 0 Å². The molecule has 2 atom stereocenters. The van der Waals surface area contributed by atoms with E-state index >= 15 is 0 Å². The zero-order valence-corrected chi connectivity index (χ0v) is 12.4. The van der Waals surface area contributed by atoms with Crippen LogP contribution in [0.1, 0.15) is 52.4 Å². The second kappa shape index (κ2) is 6.23. The van der Waals surface area contributed by atoms with E-state index in [4.69, 9.17) is 10.5 Å². The molecule has 2 aliphatic rings. The van der Waals surface area contributed by atoms with Gasteiger partial charge in [-0.05, 0) is 38.5 Å². The van der Waals surface area contributed by atoms with Gasteiger partial charge in [0.2, 0.25) is 5.91 Å². The number of hydrogen-bond acceptors (Lipinski definition) is 3. The maximum Gasteiger partial charge on any atom is 0.242 e. The number of rotatable bonds is 3. The normalized spacial score (nSPS) is 33.4. The van der Waals surface area contributed by atoms with Crippen LogP contribution < -0.4 is 5.73 Å². The summed E-state index contributed by atoms with van der Waals surface area (Å²) in [6.07, 6.45) is 6.21. The van der Waals surface area contributed by atoms with Gasteiger partial charge in [0.05, 0.1) is 11.6 Å². The lowest BCUT2D eigenvalue weighted by Crippen LogP contribution is -2.59. The van der Waals surface area contributed by atoms with Crippen LogP contribution in [-0.4, -0.2) is 42.1 Å². The lowest BCUT2D eigenvalue weighted by atomic mass is 9.76. The van der Waals surface area contributed by atoms with Gasteiger partial charge in [-0.25, -0.2) is 0 Å². The van der Waals surface area contributed by atoms with Crippen LogP contribution in [0.15, 0.2) is 0 Å². The second-order valence-corrected chi connectivity index (χ2v) is 6.30. The monoisotopic (exact) mass is 268 g/mol. The molecule has 1 heterocycles. The van der Waals surface area contributed by atoms with E-state index in [-0.39, 0.29) is 5.91 Å². The first kappa shape index (κ1) is 14.8. The highest BCUT2D eigenvalue weighted by atomic mass is 16.5. The van der Waals surface area contributed by atoms with Crippen LogP contribution >= 0.6 is 0 Å². The van der Waals surface area contributed by atoms with E-state index in [0.29, 0.717) is 12.0 Å². The zero-order valence-electron chi connectivity index (χ0n) is 12.4. The minimum Gasteiger partial charge on any atom is -0.378 e. The van der Waals surface area contributed by atoms with Crippen LogP contribution in [0, 0.1) is 5.92 Å². The van der Waals surface area contributed by atoms with Crippen LogP contribution in [0.2, 0.25) is 0 Å². The van der Waals surface area contributed by atoms with Gasteiger partial charge in [0.25, 0.3) is 0 Å². The molecule has 19 heavy (non-hydrogen) atoms. The molecule has 1 saturated carbocycles. The minimum atomic E-state index is -0.601. The first-order valence-electron chi connectivity index (χ1n) is 7.75. The molecule has 1 aliphatic heterocycles. The summed E-state index contributed by atoms with van der Waals surface area (Å²) in [6.45, 7) is 6.59. The molecule has 0 aromatic heterocycles. The van der Waals surface area contributed by atoms with Crippen molar-refractivity contribution in [1.29, 1.82) is 0 Å². The lowest BCUT2D eigenvalue weighted by molar-refractivity contribution is -0.141. The first-order valence-corrected chi connectivity index (χ1v) is 7.75. The maximum atomic E-state index is 12.6. The third-order valence-electron chi connectivity index (χ3n) is 4.59. The molecule has 0 bridgehead atoms. The highest BCUT2D eigenvalue weighted by Gasteiger charge is 2.41. The fraction of sp³-hybridized carbons (Fsp3) is 0.933. The van der Waals surface area contributed by atoms with Crippen molar-refractivity contribution >= 4 is 5.91 Å². The molecule has 2 fully saturated rings. The van der Waals surface area contributed by atoms with E-state index in [1.165, 1.54) is 6.42 Å². The standard InChI is InChI=1S/C15H28N2O2/c1-3-19-13-6-9-17(10-7-13)14(18)15(16)8-4-5-12(2)11-15/h12-13H,3-11,16H2,1-2H3. The second-order valence-electron chi connectivity index (χ2n) is 6.30. The van der Waals surface area contributed by atoms with Crippen molar-refractivity contribution in [2.24, 2.45) is 11.7 Å². The first-order chi connectivity index (χ1) is 9.05. The van der Waals surface area contributed by atoms with Gasteiger partial charge in [0.1, 0.15) is 0 Å².